The van der Waals surface area contributed by atoms with Crippen LogP contribution in [0, 0.1) is 5.82 Å². The molecular weight excluding hydrogens is 482 g/mol. The number of nitrogens with one attached hydrogen (secondary N) is 1. The summed E-state index contributed by atoms with van der Waals surface area (Å²) in [5, 5.41) is 16.3. The first-order valence-corrected chi connectivity index (χ1v) is 10.0. The average Bonchev–Trinajstić information content (AvgIpc) is 3.14. The fraction of sp³-hybridized carbons (Fsp3) is 0.318. The second-order valence-electron chi connectivity index (χ2n) is 8.02. The topological polar surface area (TPSA) is 89.3 Å². The number of hydrogen-bond donors (Lipinski definition) is 2. The van der Waals surface area contributed by atoms with E-state index in [2.05, 4.69) is 15.4 Å². The van der Waals surface area contributed by atoms with Gasteiger partial charge in [0.15, 0.2) is 18.3 Å². The van der Waals surface area contributed by atoms with Gasteiger partial charge in [0.05, 0.1) is 11.1 Å². The van der Waals surface area contributed by atoms with E-state index in [4.69, 9.17) is 4.74 Å². The predicted molar refractivity (Wildman–Crippen MR) is 113 cm³/mol. The Morgan fingerprint density at radius 1 is 1.20 bits per heavy atom. The molecule has 0 saturated carbocycles. The molecule has 0 spiro atoms. The molecule has 7 nitrogen and oxygen atoms in total. The number of nitrogens with zero attached hydrogens (tertiary/aromatic N) is 3. The summed E-state index contributed by atoms with van der Waals surface area (Å²) in [4.78, 5) is 16.8. The van der Waals surface area contributed by atoms with Gasteiger partial charge in [0.2, 0.25) is 0 Å². The van der Waals surface area contributed by atoms with Gasteiger partial charge in [-0.25, -0.2) is 22.8 Å². The monoisotopic (exact) mass is 502 g/mol. The molecule has 0 aliphatic carbocycles. The molecule has 3 rings (SSSR count). The molecule has 2 N–H and O–H groups in total. The Balaban J connectivity index is 2.07. The summed E-state index contributed by atoms with van der Waals surface area (Å²) in [6, 6.07) is 6.29. The average molecular weight is 502 g/mol. The van der Waals surface area contributed by atoms with Crippen LogP contribution in [0.2, 0.25) is 0 Å². The molecule has 188 valence electrons. The molecule has 35 heavy (non-hydrogen) atoms. The van der Waals surface area contributed by atoms with Gasteiger partial charge in [-0.15, -0.1) is 0 Å². The fourth-order valence-corrected chi connectivity index (χ4v) is 3.20. The second kappa shape index (κ2) is 9.56. The highest BCUT2D eigenvalue weighted by Crippen LogP contribution is 2.33. The highest BCUT2D eigenvalue weighted by Gasteiger charge is 2.31. The van der Waals surface area contributed by atoms with E-state index in [0.717, 1.165) is 22.9 Å². The van der Waals surface area contributed by atoms with Gasteiger partial charge >= 0.3 is 6.18 Å². The number of alkyl halides is 5. The SMILES string of the molecule is Cn1nc(-c2cc(OCC(F)(F)F)c(C(=O)Nc3ccccc3C(F)F)cc2F)nc1C(C)(C)O. The number of hydrogen-bond acceptors (Lipinski definition) is 5. The summed E-state index contributed by atoms with van der Waals surface area (Å²) in [6.45, 7) is 0.996. The number of aliphatic hydroxyl groups is 1. The van der Waals surface area contributed by atoms with Crippen LogP contribution in [0.5, 0.6) is 5.75 Å². The lowest BCUT2D eigenvalue weighted by Gasteiger charge is -2.16. The predicted octanol–water partition coefficient (Wildman–Crippen LogP) is 4.98. The van der Waals surface area contributed by atoms with E-state index >= 15 is 4.39 Å². The van der Waals surface area contributed by atoms with Crippen molar-refractivity contribution in [1.82, 2.24) is 14.8 Å². The summed E-state index contributed by atoms with van der Waals surface area (Å²) in [5.41, 5.74) is -3.38. The minimum Gasteiger partial charge on any atom is -0.483 e. The Morgan fingerprint density at radius 2 is 1.86 bits per heavy atom. The first-order valence-electron chi connectivity index (χ1n) is 10.0. The zero-order valence-electron chi connectivity index (χ0n) is 18.6. The third kappa shape index (κ3) is 6.10. The number of ether oxygens (including phenoxy) is 1. The zero-order chi connectivity index (χ0) is 26.1. The number of carbonyl (C=O) groups excluding carboxylic acids is 1. The highest BCUT2D eigenvalue weighted by atomic mass is 19.4. The smallest absolute Gasteiger partial charge is 0.422 e. The van der Waals surface area contributed by atoms with Crippen LogP contribution in [0.4, 0.5) is 32.0 Å². The number of aryl methyl sites for hydroxylation is 1. The maximum Gasteiger partial charge on any atom is 0.422 e. The number of anilines is 1. The zero-order valence-corrected chi connectivity index (χ0v) is 18.6. The van der Waals surface area contributed by atoms with E-state index in [1.54, 1.807) is 0 Å². The number of benzene rings is 2. The van der Waals surface area contributed by atoms with Gasteiger partial charge in [-0.2, -0.15) is 18.3 Å². The summed E-state index contributed by atoms with van der Waals surface area (Å²) in [5.74, 6) is -3.19. The Bertz CT molecular complexity index is 1230. The molecule has 13 heteroatoms. The Hall–Kier alpha value is -3.61. The fourth-order valence-electron chi connectivity index (χ4n) is 3.20. The van der Waals surface area contributed by atoms with Crippen molar-refractivity contribution in [3.8, 4) is 17.1 Å². The van der Waals surface area contributed by atoms with Crippen LogP contribution in [0.1, 0.15) is 42.0 Å². The number of rotatable bonds is 7. The van der Waals surface area contributed by atoms with Crippen LogP contribution in [0.3, 0.4) is 0 Å². The van der Waals surface area contributed by atoms with Crippen molar-refractivity contribution < 1.29 is 41.0 Å². The van der Waals surface area contributed by atoms with Crippen molar-refractivity contribution in [2.75, 3.05) is 11.9 Å². The number of carbonyl (C=O) groups is 1. The molecule has 0 bridgehead atoms. The molecule has 3 aromatic rings. The molecule has 0 unspecified atom stereocenters. The van der Waals surface area contributed by atoms with Gasteiger partial charge in [0.25, 0.3) is 12.3 Å². The van der Waals surface area contributed by atoms with Crippen LogP contribution in [0.25, 0.3) is 11.4 Å². The van der Waals surface area contributed by atoms with Gasteiger partial charge < -0.3 is 15.2 Å². The molecule has 0 aliphatic rings. The number of aromatic nitrogens is 3. The van der Waals surface area contributed by atoms with Crippen molar-refractivity contribution in [2.24, 2.45) is 7.05 Å². The maximum absolute atomic E-state index is 15.0. The minimum absolute atomic E-state index is 0.0371. The van der Waals surface area contributed by atoms with E-state index in [9.17, 15) is 31.9 Å². The maximum atomic E-state index is 15.0. The number of amides is 1. The summed E-state index contributed by atoms with van der Waals surface area (Å²) in [6.07, 6.45) is -7.74. The molecule has 1 aromatic heterocycles. The van der Waals surface area contributed by atoms with E-state index in [0.29, 0.717) is 6.07 Å². The van der Waals surface area contributed by atoms with Crippen molar-refractivity contribution in [1.29, 1.82) is 0 Å². The second-order valence-corrected chi connectivity index (χ2v) is 8.02. The molecule has 0 atom stereocenters. The van der Waals surface area contributed by atoms with Gasteiger partial charge in [-0.3, -0.25) is 4.79 Å². The quantitative estimate of drug-likeness (QED) is 0.445. The van der Waals surface area contributed by atoms with Gasteiger partial charge in [0, 0.05) is 18.3 Å². The van der Waals surface area contributed by atoms with Crippen LogP contribution < -0.4 is 10.1 Å². The van der Waals surface area contributed by atoms with E-state index < -0.39 is 59.0 Å². The molecular formula is C22H20F6N4O3. The first kappa shape index (κ1) is 26.0. The third-order valence-electron chi connectivity index (χ3n) is 4.70. The third-order valence-corrected chi connectivity index (χ3v) is 4.70. The molecule has 0 saturated heterocycles. The van der Waals surface area contributed by atoms with Crippen molar-refractivity contribution in [2.45, 2.75) is 32.1 Å². The largest absolute Gasteiger partial charge is 0.483 e. The molecule has 2 aromatic carbocycles. The van der Waals surface area contributed by atoms with Crippen molar-refractivity contribution in [3.63, 3.8) is 0 Å². The van der Waals surface area contributed by atoms with Gasteiger partial charge in [-0.1, -0.05) is 18.2 Å². The van der Waals surface area contributed by atoms with Crippen LogP contribution in [-0.2, 0) is 12.6 Å². The Labute approximate surface area is 195 Å². The normalized spacial score (nSPS) is 12.2. The summed E-state index contributed by atoms with van der Waals surface area (Å²) < 4.78 is 85.8. The molecule has 0 aliphatic heterocycles. The minimum atomic E-state index is -4.79. The number of halogens is 6. The van der Waals surface area contributed by atoms with Crippen LogP contribution in [0.15, 0.2) is 36.4 Å². The van der Waals surface area contributed by atoms with Crippen LogP contribution >= 0.6 is 0 Å². The van der Waals surface area contributed by atoms with Crippen molar-refractivity contribution in [3.05, 3.63) is 59.2 Å². The lowest BCUT2D eigenvalue weighted by Crippen LogP contribution is -2.22. The highest BCUT2D eigenvalue weighted by molar-refractivity contribution is 6.07. The molecule has 0 radical (unpaired) electrons. The summed E-state index contributed by atoms with van der Waals surface area (Å²) in [7, 11) is 1.42. The van der Waals surface area contributed by atoms with E-state index in [1.165, 1.54) is 33.0 Å². The first-order chi connectivity index (χ1) is 16.2. The Kier molecular flexibility index (Phi) is 7.11. The standard InChI is InChI=1S/C22H20F6N4O3/c1-21(2,34)20-30-18(31-32(20)3)12-9-16(35-10-22(26,27)28)13(8-14(12)23)19(33)29-15-7-5-4-6-11(15)17(24)25/h4-9,17,34H,10H2,1-3H3,(H,29,33). The number of para-hydroxylation sites is 1. The van der Waals surface area contributed by atoms with Crippen LogP contribution in [-0.4, -0.2) is 38.6 Å². The lowest BCUT2D eigenvalue weighted by atomic mass is 10.1. The van der Waals surface area contributed by atoms with Gasteiger partial charge in [-0.05, 0) is 32.0 Å². The molecule has 1 amide bonds. The summed E-state index contributed by atoms with van der Waals surface area (Å²) >= 11 is 0. The van der Waals surface area contributed by atoms with Gasteiger partial charge in [0.1, 0.15) is 17.2 Å². The Morgan fingerprint density at radius 3 is 2.43 bits per heavy atom. The molecule has 0 fully saturated rings. The van der Waals surface area contributed by atoms with E-state index in [-0.39, 0.29) is 17.3 Å². The van der Waals surface area contributed by atoms with E-state index in [1.807, 2.05) is 0 Å². The lowest BCUT2D eigenvalue weighted by molar-refractivity contribution is -0.153. The molecule has 1 heterocycles. The van der Waals surface area contributed by atoms with Crippen molar-refractivity contribution >= 4 is 11.6 Å².